The SMILES string of the molecule is O=C(O)C12C[C@@H]3CC(C[C@@H](C3)C1)/C2=N/O. The van der Waals surface area contributed by atoms with E-state index in [1.807, 2.05) is 0 Å². The van der Waals surface area contributed by atoms with Gasteiger partial charge in [0.25, 0.3) is 0 Å². The standard InChI is InChI=1S/C11H15NO3/c13-10(14)11-4-6-1-7(5-11)3-8(2-6)9(11)12-15/h6-8,15H,1-5H2,(H,13,14)/b12-9-/t6-,7+,8?,11?. The largest absolute Gasteiger partial charge is 0.481 e. The predicted octanol–water partition coefficient (Wildman–Crippen LogP) is 1.73. The minimum atomic E-state index is -0.816. The molecule has 0 aromatic carbocycles. The fourth-order valence-electron chi connectivity index (χ4n) is 4.25. The van der Waals surface area contributed by atoms with E-state index >= 15 is 0 Å². The summed E-state index contributed by atoms with van der Waals surface area (Å²) in [5.41, 5.74) is -0.258. The van der Waals surface area contributed by atoms with Gasteiger partial charge in [-0.1, -0.05) is 5.16 Å². The lowest BCUT2D eigenvalue weighted by atomic mass is 9.48. The Bertz CT molecular complexity index is 336. The molecule has 4 heteroatoms. The Morgan fingerprint density at radius 1 is 1.27 bits per heavy atom. The molecule has 4 aliphatic rings. The van der Waals surface area contributed by atoms with Crippen LogP contribution in [0.5, 0.6) is 0 Å². The van der Waals surface area contributed by atoms with Gasteiger partial charge in [0.15, 0.2) is 0 Å². The molecule has 4 aliphatic carbocycles. The van der Waals surface area contributed by atoms with E-state index in [0.717, 1.165) is 12.8 Å². The molecule has 0 spiro atoms. The molecular weight excluding hydrogens is 194 g/mol. The summed E-state index contributed by atoms with van der Waals surface area (Å²) < 4.78 is 0. The first-order chi connectivity index (χ1) is 7.15. The lowest BCUT2D eigenvalue weighted by molar-refractivity contribution is -0.151. The number of oxime groups is 1. The molecule has 0 saturated heterocycles. The van der Waals surface area contributed by atoms with Crippen LogP contribution in [0.4, 0.5) is 0 Å². The topological polar surface area (TPSA) is 69.9 Å². The van der Waals surface area contributed by atoms with Crippen LogP contribution in [0.25, 0.3) is 0 Å². The van der Waals surface area contributed by atoms with Crippen LogP contribution in [-0.4, -0.2) is 22.0 Å². The van der Waals surface area contributed by atoms with E-state index in [1.165, 1.54) is 6.42 Å². The normalized spacial score (nSPS) is 49.9. The maximum atomic E-state index is 11.4. The van der Waals surface area contributed by atoms with E-state index < -0.39 is 11.4 Å². The average Bonchev–Trinajstić information content (AvgIpc) is 2.16. The molecule has 0 aromatic heterocycles. The molecule has 2 N–H and O–H groups in total. The number of carboxylic acids is 1. The molecule has 4 atom stereocenters. The van der Waals surface area contributed by atoms with Gasteiger partial charge in [0.05, 0.1) is 5.71 Å². The second-order valence-electron chi connectivity index (χ2n) is 5.42. The molecule has 0 radical (unpaired) electrons. The van der Waals surface area contributed by atoms with Crippen molar-refractivity contribution >= 4 is 11.7 Å². The summed E-state index contributed by atoms with van der Waals surface area (Å²) >= 11 is 0. The van der Waals surface area contributed by atoms with E-state index in [1.54, 1.807) is 0 Å². The lowest BCUT2D eigenvalue weighted by Crippen LogP contribution is -2.57. The highest BCUT2D eigenvalue weighted by Gasteiger charge is 2.59. The Kier molecular flexibility index (Phi) is 1.68. The van der Waals surface area contributed by atoms with E-state index in [2.05, 4.69) is 5.16 Å². The van der Waals surface area contributed by atoms with Crippen molar-refractivity contribution in [3.63, 3.8) is 0 Å². The zero-order chi connectivity index (χ0) is 10.6. The summed E-state index contributed by atoms with van der Waals surface area (Å²) in [5.74, 6) is 0.542. The molecule has 0 amide bonds. The highest BCUT2D eigenvalue weighted by molar-refractivity contribution is 6.08. The van der Waals surface area contributed by atoms with Crippen LogP contribution in [0.2, 0.25) is 0 Å². The van der Waals surface area contributed by atoms with Crippen molar-refractivity contribution in [2.75, 3.05) is 0 Å². The number of aliphatic carboxylic acids is 1. The van der Waals surface area contributed by atoms with Crippen molar-refractivity contribution in [2.45, 2.75) is 32.1 Å². The Balaban J connectivity index is 2.08. The number of hydrogen-bond acceptors (Lipinski definition) is 3. The van der Waals surface area contributed by atoms with Crippen LogP contribution in [0.3, 0.4) is 0 Å². The van der Waals surface area contributed by atoms with Crippen molar-refractivity contribution in [2.24, 2.45) is 28.3 Å². The fraction of sp³-hybridized carbons (Fsp3) is 0.818. The van der Waals surface area contributed by atoms with Gasteiger partial charge in [-0.05, 0) is 43.9 Å². The first kappa shape index (κ1) is 9.19. The van der Waals surface area contributed by atoms with Crippen LogP contribution < -0.4 is 0 Å². The highest BCUT2D eigenvalue weighted by atomic mass is 16.4. The summed E-state index contributed by atoms with van der Waals surface area (Å²) in [6.07, 6.45) is 4.63. The third-order valence-corrected chi connectivity index (χ3v) is 4.57. The van der Waals surface area contributed by atoms with Gasteiger partial charge in [-0.3, -0.25) is 4.79 Å². The summed E-state index contributed by atoms with van der Waals surface area (Å²) in [4.78, 5) is 11.4. The van der Waals surface area contributed by atoms with Crippen molar-refractivity contribution in [3.05, 3.63) is 0 Å². The molecular formula is C11H15NO3. The quantitative estimate of drug-likeness (QED) is 0.510. The molecule has 4 fully saturated rings. The third-order valence-electron chi connectivity index (χ3n) is 4.57. The zero-order valence-corrected chi connectivity index (χ0v) is 8.52. The van der Waals surface area contributed by atoms with E-state index in [0.29, 0.717) is 30.4 Å². The predicted molar refractivity (Wildman–Crippen MR) is 52.8 cm³/mol. The molecule has 4 saturated carbocycles. The van der Waals surface area contributed by atoms with Gasteiger partial charge in [-0.2, -0.15) is 0 Å². The minimum Gasteiger partial charge on any atom is -0.481 e. The molecule has 4 bridgehead atoms. The van der Waals surface area contributed by atoms with Crippen molar-refractivity contribution in [1.82, 2.24) is 0 Å². The lowest BCUT2D eigenvalue weighted by Gasteiger charge is -2.54. The average molecular weight is 209 g/mol. The van der Waals surface area contributed by atoms with E-state index in [-0.39, 0.29) is 5.92 Å². The van der Waals surface area contributed by atoms with Crippen molar-refractivity contribution in [1.29, 1.82) is 0 Å². The van der Waals surface area contributed by atoms with Crippen LogP contribution in [0.15, 0.2) is 5.16 Å². The summed E-state index contributed by atoms with van der Waals surface area (Å²) in [7, 11) is 0. The molecule has 0 aromatic rings. The van der Waals surface area contributed by atoms with Crippen LogP contribution in [0, 0.1) is 23.2 Å². The second-order valence-corrected chi connectivity index (χ2v) is 5.42. The van der Waals surface area contributed by atoms with Gasteiger partial charge in [-0.25, -0.2) is 0 Å². The highest BCUT2D eigenvalue weighted by Crippen LogP contribution is 2.58. The van der Waals surface area contributed by atoms with Gasteiger partial charge < -0.3 is 10.3 Å². The summed E-state index contributed by atoms with van der Waals surface area (Å²) in [5, 5.41) is 21.7. The van der Waals surface area contributed by atoms with Crippen LogP contribution in [0.1, 0.15) is 32.1 Å². The van der Waals surface area contributed by atoms with Gasteiger partial charge >= 0.3 is 5.97 Å². The van der Waals surface area contributed by atoms with Gasteiger partial charge in [0, 0.05) is 5.92 Å². The minimum absolute atomic E-state index is 0.234. The third kappa shape index (κ3) is 1.02. The maximum absolute atomic E-state index is 11.4. The molecule has 15 heavy (non-hydrogen) atoms. The van der Waals surface area contributed by atoms with Gasteiger partial charge in [-0.15, -0.1) is 0 Å². The van der Waals surface area contributed by atoms with Crippen molar-refractivity contribution < 1.29 is 15.1 Å². The van der Waals surface area contributed by atoms with Gasteiger partial charge in [0.2, 0.25) is 0 Å². The molecule has 2 unspecified atom stereocenters. The first-order valence-electron chi connectivity index (χ1n) is 5.61. The monoisotopic (exact) mass is 209 g/mol. The number of carboxylic acid groups (broad SMARTS) is 1. The van der Waals surface area contributed by atoms with Gasteiger partial charge in [0.1, 0.15) is 5.41 Å². The summed E-state index contributed by atoms with van der Waals surface area (Å²) in [6.45, 7) is 0. The molecule has 82 valence electrons. The first-order valence-corrected chi connectivity index (χ1v) is 5.61. The fourth-order valence-corrected chi connectivity index (χ4v) is 4.25. The number of carbonyl (C=O) groups is 1. The van der Waals surface area contributed by atoms with E-state index in [9.17, 15) is 9.90 Å². The van der Waals surface area contributed by atoms with Crippen LogP contribution >= 0.6 is 0 Å². The summed E-state index contributed by atoms with van der Waals surface area (Å²) in [6, 6.07) is 0. The number of rotatable bonds is 1. The Hall–Kier alpha value is -1.06. The maximum Gasteiger partial charge on any atom is 0.315 e. The zero-order valence-electron chi connectivity index (χ0n) is 8.52. The molecule has 0 heterocycles. The Morgan fingerprint density at radius 2 is 1.87 bits per heavy atom. The smallest absolute Gasteiger partial charge is 0.315 e. The Morgan fingerprint density at radius 3 is 2.33 bits per heavy atom. The van der Waals surface area contributed by atoms with E-state index in [4.69, 9.17) is 5.21 Å². The van der Waals surface area contributed by atoms with Crippen LogP contribution in [-0.2, 0) is 4.79 Å². The van der Waals surface area contributed by atoms with Crippen molar-refractivity contribution in [3.8, 4) is 0 Å². The molecule has 4 rings (SSSR count). The number of nitrogens with zero attached hydrogens (tertiary/aromatic N) is 1. The second kappa shape index (κ2) is 2.74. The molecule has 4 nitrogen and oxygen atoms in total. The Labute approximate surface area is 88.0 Å². The molecule has 0 aliphatic heterocycles. The number of hydrogen-bond donors (Lipinski definition) is 2.